The second-order valence-electron chi connectivity index (χ2n) is 2.59. The van der Waals surface area contributed by atoms with Gasteiger partial charge in [0, 0.05) is 6.92 Å². The van der Waals surface area contributed by atoms with E-state index < -0.39 is 11.9 Å². The minimum absolute atomic E-state index is 0.0821. The van der Waals surface area contributed by atoms with Gasteiger partial charge in [-0.2, -0.15) is 4.98 Å². The molecule has 3 amide bonds. The van der Waals surface area contributed by atoms with Gasteiger partial charge in [0.05, 0.1) is 6.54 Å². The van der Waals surface area contributed by atoms with Crippen molar-refractivity contribution in [3.8, 4) is 0 Å². The van der Waals surface area contributed by atoms with E-state index in [9.17, 15) is 9.59 Å². The van der Waals surface area contributed by atoms with E-state index in [0.717, 1.165) is 0 Å². The summed E-state index contributed by atoms with van der Waals surface area (Å²) in [5.74, 6) is -0.0992. The second-order valence-corrected chi connectivity index (χ2v) is 2.86. The second kappa shape index (κ2) is 5.30. The molecule has 0 saturated carbocycles. The first kappa shape index (κ1) is 11.4. The zero-order chi connectivity index (χ0) is 11.3. The van der Waals surface area contributed by atoms with E-state index in [1.54, 1.807) is 6.92 Å². The SMILES string of the molecule is Cc1nc(CNC(=O)NC(=O)CCl)no1. The van der Waals surface area contributed by atoms with Crippen LogP contribution >= 0.6 is 11.6 Å². The fraction of sp³-hybridized carbons (Fsp3) is 0.429. The number of aryl methyl sites for hydroxylation is 1. The number of aromatic nitrogens is 2. The van der Waals surface area contributed by atoms with Crippen LogP contribution < -0.4 is 10.6 Å². The molecule has 0 aliphatic heterocycles. The third kappa shape index (κ3) is 3.94. The number of hydrogen-bond acceptors (Lipinski definition) is 5. The zero-order valence-corrected chi connectivity index (χ0v) is 8.67. The topological polar surface area (TPSA) is 97.1 Å². The number of rotatable bonds is 3. The smallest absolute Gasteiger partial charge is 0.321 e. The highest BCUT2D eigenvalue weighted by Crippen LogP contribution is 1.93. The number of halogens is 1. The summed E-state index contributed by atoms with van der Waals surface area (Å²) in [4.78, 5) is 25.5. The number of urea groups is 1. The number of nitrogens with one attached hydrogen (secondary N) is 2. The number of carbonyl (C=O) groups excluding carboxylic acids is 2. The highest BCUT2D eigenvalue weighted by molar-refractivity contribution is 6.28. The average Bonchev–Trinajstić information content (AvgIpc) is 2.61. The fourth-order valence-electron chi connectivity index (χ4n) is 0.777. The van der Waals surface area contributed by atoms with E-state index in [0.29, 0.717) is 11.7 Å². The summed E-state index contributed by atoms with van der Waals surface area (Å²) < 4.78 is 4.68. The van der Waals surface area contributed by atoms with Gasteiger partial charge in [-0.1, -0.05) is 5.16 Å². The van der Waals surface area contributed by atoms with Gasteiger partial charge in [0.2, 0.25) is 11.8 Å². The minimum Gasteiger partial charge on any atom is -0.340 e. The molecule has 7 nitrogen and oxygen atoms in total. The molecule has 0 aliphatic carbocycles. The molecule has 82 valence electrons. The molecule has 0 saturated heterocycles. The van der Waals surface area contributed by atoms with Crippen LogP contribution in [0, 0.1) is 6.92 Å². The normalized spacial score (nSPS) is 9.73. The molecule has 8 heteroatoms. The van der Waals surface area contributed by atoms with Gasteiger partial charge in [-0.15, -0.1) is 11.6 Å². The first-order valence-corrected chi connectivity index (χ1v) is 4.58. The van der Waals surface area contributed by atoms with E-state index in [2.05, 4.69) is 20.0 Å². The number of hydrogen-bond donors (Lipinski definition) is 2. The third-order valence-electron chi connectivity index (χ3n) is 1.35. The first-order valence-electron chi connectivity index (χ1n) is 4.04. The number of nitrogens with zero attached hydrogens (tertiary/aromatic N) is 2. The molecule has 15 heavy (non-hydrogen) atoms. The van der Waals surface area contributed by atoms with Crippen molar-refractivity contribution < 1.29 is 14.1 Å². The maximum Gasteiger partial charge on any atom is 0.321 e. The van der Waals surface area contributed by atoms with E-state index in [4.69, 9.17) is 11.6 Å². The largest absolute Gasteiger partial charge is 0.340 e. The van der Waals surface area contributed by atoms with Gasteiger partial charge in [-0.05, 0) is 0 Å². The number of amides is 3. The van der Waals surface area contributed by atoms with Gasteiger partial charge in [-0.3, -0.25) is 10.1 Å². The molecule has 1 heterocycles. The van der Waals surface area contributed by atoms with Crippen LogP contribution in [0.1, 0.15) is 11.7 Å². The van der Waals surface area contributed by atoms with E-state index >= 15 is 0 Å². The van der Waals surface area contributed by atoms with Crippen LogP contribution in [0.5, 0.6) is 0 Å². The van der Waals surface area contributed by atoms with Crippen LogP contribution in [-0.4, -0.2) is 28.0 Å². The predicted octanol–water partition coefficient (Wildman–Crippen LogP) is -0.0574. The van der Waals surface area contributed by atoms with Crippen LogP contribution in [0.3, 0.4) is 0 Å². The lowest BCUT2D eigenvalue weighted by Crippen LogP contribution is -2.39. The Kier molecular flexibility index (Phi) is 4.04. The van der Waals surface area contributed by atoms with Crippen molar-refractivity contribution in [3.63, 3.8) is 0 Å². The van der Waals surface area contributed by atoms with Crippen molar-refractivity contribution in [3.05, 3.63) is 11.7 Å². The lowest BCUT2D eigenvalue weighted by atomic mass is 10.6. The van der Waals surface area contributed by atoms with Crippen molar-refractivity contribution in [2.45, 2.75) is 13.5 Å². The molecule has 0 fully saturated rings. The quantitative estimate of drug-likeness (QED) is 0.712. The van der Waals surface area contributed by atoms with E-state index in [-0.39, 0.29) is 12.4 Å². The Morgan fingerprint density at radius 3 is 2.80 bits per heavy atom. The third-order valence-corrected chi connectivity index (χ3v) is 1.59. The predicted molar refractivity (Wildman–Crippen MR) is 50.1 cm³/mol. The van der Waals surface area contributed by atoms with Crippen LogP contribution in [0.4, 0.5) is 4.79 Å². The maximum atomic E-state index is 11.0. The van der Waals surface area contributed by atoms with Gasteiger partial charge in [0.1, 0.15) is 5.88 Å². The summed E-state index contributed by atoms with van der Waals surface area (Å²) in [7, 11) is 0. The fourth-order valence-corrected chi connectivity index (χ4v) is 0.843. The van der Waals surface area contributed by atoms with E-state index in [1.807, 2.05) is 5.32 Å². The van der Waals surface area contributed by atoms with Crippen molar-refractivity contribution in [2.24, 2.45) is 0 Å². The van der Waals surface area contributed by atoms with Gasteiger partial charge in [0.15, 0.2) is 5.82 Å². The van der Waals surface area contributed by atoms with Gasteiger partial charge in [0.25, 0.3) is 0 Å². The lowest BCUT2D eigenvalue weighted by molar-refractivity contribution is -0.117. The first-order chi connectivity index (χ1) is 7.11. The summed E-state index contributed by atoms with van der Waals surface area (Å²) in [5, 5.41) is 7.91. The lowest BCUT2D eigenvalue weighted by Gasteiger charge is -2.01. The van der Waals surface area contributed by atoms with Crippen molar-refractivity contribution >= 4 is 23.5 Å². The van der Waals surface area contributed by atoms with Crippen molar-refractivity contribution in [1.82, 2.24) is 20.8 Å². The zero-order valence-electron chi connectivity index (χ0n) is 7.91. The Bertz CT molecular complexity index is 365. The average molecular weight is 233 g/mol. The number of carbonyl (C=O) groups is 2. The Labute approximate surface area is 90.2 Å². The highest BCUT2D eigenvalue weighted by Gasteiger charge is 2.07. The monoisotopic (exact) mass is 232 g/mol. The van der Waals surface area contributed by atoms with Crippen molar-refractivity contribution in [2.75, 3.05) is 5.88 Å². The van der Waals surface area contributed by atoms with Gasteiger partial charge in [-0.25, -0.2) is 4.79 Å². The maximum absolute atomic E-state index is 11.0. The molecule has 1 aromatic rings. The molecule has 0 unspecified atom stereocenters. The van der Waals surface area contributed by atoms with E-state index in [1.165, 1.54) is 0 Å². The standard InChI is InChI=1S/C7H9ClN4O3/c1-4-10-5(12-15-4)3-9-7(14)11-6(13)2-8/h2-3H2,1H3,(H2,9,11,13,14). The summed E-state index contributed by atoms with van der Waals surface area (Å²) in [6, 6.07) is -0.650. The summed E-state index contributed by atoms with van der Waals surface area (Å²) in [5.41, 5.74) is 0. The molecule has 0 aromatic carbocycles. The van der Waals surface area contributed by atoms with Crippen LogP contribution in [0.2, 0.25) is 0 Å². The molecule has 0 spiro atoms. The Morgan fingerprint density at radius 2 is 2.27 bits per heavy atom. The van der Waals surface area contributed by atoms with Crippen LogP contribution in [0.25, 0.3) is 0 Å². The molecule has 0 radical (unpaired) electrons. The molecule has 0 atom stereocenters. The number of imide groups is 1. The Morgan fingerprint density at radius 1 is 1.53 bits per heavy atom. The summed E-state index contributed by atoms with van der Waals surface area (Å²) in [6.45, 7) is 1.71. The Hall–Kier alpha value is -1.63. The highest BCUT2D eigenvalue weighted by atomic mass is 35.5. The molecule has 1 rings (SSSR count). The summed E-state index contributed by atoms with van der Waals surface area (Å²) in [6.07, 6.45) is 0. The molecule has 0 aliphatic rings. The van der Waals surface area contributed by atoms with Gasteiger partial charge < -0.3 is 9.84 Å². The summed E-state index contributed by atoms with van der Waals surface area (Å²) >= 11 is 5.18. The van der Waals surface area contributed by atoms with Gasteiger partial charge >= 0.3 is 6.03 Å². The van der Waals surface area contributed by atoms with Crippen molar-refractivity contribution in [1.29, 1.82) is 0 Å². The molecular formula is C7H9ClN4O3. The molecule has 2 N–H and O–H groups in total. The molecular weight excluding hydrogens is 224 g/mol. The van der Waals surface area contributed by atoms with Crippen LogP contribution in [-0.2, 0) is 11.3 Å². The molecule has 0 bridgehead atoms. The molecule has 1 aromatic heterocycles. The Balaban J connectivity index is 2.31. The minimum atomic E-state index is -0.650. The van der Waals surface area contributed by atoms with Crippen LogP contribution in [0.15, 0.2) is 4.52 Å². The number of alkyl halides is 1.